The highest BCUT2D eigenvalue weighted by atomic mass is 16.1. The molecule has 1 aliphatic rings. The summed E-state index contributed by atoms with van der Waals surface area (Å²) < 4.78 is 0. The first-order valence-corrected chi connectivity index (χ1v) is 5.72. The standard InChI is InChI=1S/C12H23NO/c1-5-10-7-6-8-13(10)9-11(14)12(2,3)4/h10H,5-9H2,1-4H3. The topological polar surface area (TPSA) is 20.3 Å². The van der Waals surface area contributed by atoms with Gasteiger partial charge in [-0.3, -0.25) is 9.69 Å². The monoisotopic (exact) mass is 197 g/mol. The summed E-state index contributed by atoms with van der Waals surface area (Å²) in [5.41, 5.74) is -0.180. The first-order valence-electron chi connectivity index (χ1n) is 5.72. The number of carbonyl (C=O) groups is 1. The van der Waals surface area contributed by atoms with E-state index in [0.717, 1.165) is 6.54 Å². The molecule has 0 aromatic rings. The number of nitrogens with zero attached hydrogens (tertiary/aromatic N) is 1. The summed E-state index contributed by atoms with van der Waals surface area (Å²) in [6.07, 6.45) is 3.71. The van der Waals surface area contributed by atoms with Gasteiger partial charge in [0.05, 0.1) is 6.54 Å². The SMILES string of the molecule is CCC1CCCN1CC(=O)C(C)(C)C. The number of hydrogen-bond acceptors (Lipinski definition) is 2. The van der Waals surface area contributed by atoms with Crippen molar-refractivity contribution < 1.29 is 4.79 Å². The molecule has 0 aliphatic carbocycles. The predicted octanol–water partition coefficient (Wildman–Crippen LogP) is 2.48. The van der Waals surface area contributed by atoms with Crippen LogP contribution >= 0.6 is 0 Å². The molecule has 0 saturated carbocycles. The van der Waals surface area contributed by atoms with Crippen molar-refractivity contribution in [3.63, 3.8) is 0 Å². The van der Waals surface area contributed by atoms with E-state index in [-0.39, 0.29) is 5.41 Å². The van der Waals surface area contributed by atoms with Gasteiger partial charge >= 0.3 is 0 Å². The molecule has 1 atom stereocenters. The Hall–Kier alpha value is -0.370. The second-order valence-electron chi connectivity index (χ2n) is 5.35. The Bertz CT molecular complexity index is 205. The van der Waals surface area contributed by atoms with Gasteiger partial charge in [0, 0.05) is 11.5 Å². The van der Waals surface area contributed by atoms with Gasteiger partial charge in [-0.15, -0.1) is 0 Å². The normalized spacial score (nSPS) is 24.1. The van der Waals surface area contributed by atoms with E-state index in [0.29, 0.717) is 18.4 Å². The Kier molecular flexibility index (Phi) is 3.71. The molecule has 2 nitrogen and oxygen atoms in total. The zero-order chi connectivity index (χ0) is 10.8. The molecule has 14 heavy (non-hydrogen) atoms. The van der Waals surface area contributed by atoms with Crippen LogP contribution in [-0.4, -0.2) is 29.8 Å². The second-order valence-corrected chi connectivity index (χ2v) is 5.35. The van der Waals surface area contributed by atoms with Gasteiger partial charge in [-0.05, 0) is 25.8 Å². The summed E-state index contributed by atoms with van der Waals surface area (Å²) in [7, 11) is 0. The third kappa shape index (κ3) is 2.81. The molecule has 1 aliphatic heterocycles. The molecule has 0 radical (unpaired) electrons. The first kappa shape index (κ1) is 11.7. The number of rotatable bonds is 3. The summed E-state index contributed by atoms with van der Waals surface area (Å²) in [6.45, 7) is 10.00. The van der Waals surface area contributed by atoms with E-state index in [1.54, 1.807) is 0 Å². The van der Waals surface area contributed by atoms with Gasteiger partial charge < -0.3 is 0 Å². The third-order valence-electron chi connectivity index (χ3n) is 3.15. The summed E-state index contributed by atoms with van der Waals surface area (Å²) >= 11 is 0. The van der Waals surface area contributed by atoms with E-state index in [4.69, 9.17) is 0 Å². The molecule has 1 rings (SSSR count). The van der Waals surface area contributed by atoms with Crippen molar-refractivity contribution in [1.29, 1.82) is 0 Å². The zero-order valence-corrected chi connectivity index (χ0v) is 9.97. The molecule has 0 bridgehead atoms. The smallest absolute Gasteiger partial charge is 0.152 e. The molecule has 0 aromatic heterocycles. The molecule has 1 fully saturated rings. The summed E-state index contributed by atoms with van der Waals surface area (Å²) in [4.78, 5) is 14.2. The highest BCUT2D eigenvalue weighted by molar-refractivity contribution is 5.85. The Balaban J connectivity index is 2.48. The quantitative estimate of drug-likeness (QED) is 0.692. The minimum atomic E-state index is -0.180. The molecular formula is C12H23NO. The van der Waals surface area contributed by atoms with E-state index in [1.165, 1.54) is 19.3 Å². The highest BCUT2D eigenvalue weighted by Gasteiger charge is 2.28. The van der Waals surface area contributed by atoms with Crippen LogP contribution in [0.15, 0.2) is 0 Å². The van der Waals surface area contributed by atoms with Crippen molar-refractivity contribution in [2.45, 2.75) is 53.0 Å². The number of likely N-dealkylation sites (tertiary alicyclic amines) is 1. The zero-order valence-electron chi connectivity index (χ0n) is 9.97. The second kappa shape index (κ2) is 4.43. The van der Waals surface area contributed by atoms with Crippen molar-refractivity contribution in [2.24, 2.45) is 5.41 Å². The Morgan fingerprint density at radius 3 is 2.57 bits per heavy atom. The molecule has 82 valence electrons. The van der Waals surface area contributed by atoms with Crippen molar-refractivity contribution in [3.05, 3.63) is 0 Å². The van der Waals surface area contributed by atoms with E-state index >= 15 is 0 Å². The average Bonchev–Trinajstić information content (AvgIpc) is 2.50. The van der Waals surface area contributed by atoms with Gasteiger partial charge in [-0.2, -0.15) is 0 Å². The molecule has 2 heteroatoms. The fraction of sp³-hybridized carbons (Fsp3) is 0.917. The highest BCUT2D eigenvalue weighted by Crippen LogP contribution is 2.22. The van der Waals surface area contributed by atoms with E-state index in [2.05, 4.69) is 11.8 Å². The molecule has 0 amide bonds. The fourth-order valence-corrected chi connectivity index (χ4v) is 1.99. The predicted molar refractivity (Wildman–Crippen MR) is 59.3 cm³/mol. The lowest BCUT2D eigenvalue weighted by Crippen LogP contribution is -2.38. The van der Waals surface area contributed by atoms with Gasteiger partial charge in [0.25, 0.3) is 0 Å². The van der Waals surface area contributed by atoms with Gasteiger partial charge in [-0.1, -0.05) is 27.7 Å². The van der Waals surface area contributed by atoms with Gasteiger partial charge in [0.15, 0.2) is 5.78 Å². The van der Waals surface area contributed by atoms with Gasteiger partial charge in [0.2, 0.25) is 0 Å². The molecule has 1 heterocycles. The Morgan fingerprint density at radius 2 is 2.07 bits per heavy atom. The van der Waals surface area contributed by atoms with Crippen LogP contribution in [0.4, 0.5) is 0 Å². The molecule has 1 unspecified atom stereocenters. The maximum atomic E-state index is 11.8. The summed E-state index contributed by atoms with van der Waals surface area (Å²) in [6, 6.07) is 0.654. The van der Waals surface area contributed by atoms with Crippen LogP contribution in [0.5, 0.6) is 0 Å². The van der Waals surface area contributed by atoms with Crippen LogP contribution in [0.2, 0.25) is 0 Å². The van der Waals surface area contributed by atoms with Gasteiger partial charge in [-0.25, -0.2) is 0 Å². The van der Waals surface area contributed by atoms with E-state index in [1.807, 2.05) is 20.8 Å². The maximum absolute atomic E-state index is 11.8. The van der Waals surface area contributed by atoms with Crippen molar-refractivity contribution in [1.82, 2.24) is 4.90 Å². The fourth-order valence-electron chi connectivity index (χ4n) is 1.99. The van der Waals surface area contributed by atoms with Crippen molar-refractivity contribution >= 4 is 5.78 Å². The van der Waals surface area contributed by atoms with Crippen LogP contribution < -0.4 is 0 Å². The molecule has 1 saturated heterocycles. The summed E-state index contributed by atoms with van der Waals surface area (Å²) in [5.74, 6) is 0.373. The van der Waals surface area contributed by atoms with Crippen LogP contribution in [-0.2, 0) is 4.79 Å². The van der Waals surface area contributed by atoms with Crippen LogP contribution in [0.3, 0.4) is 0 Å². The average molecular weight is 197 g/mol. The van der Waals surface area contributed by atoms with E-state index < -0.39 is 0 Å². The lowest BCUT2D eigenvalue weighted by atomic mass is 9.90. The Labute approximate surface area is 87.7 Å². The lowest BCUT2D eigenvalue weighted by Gasteiger charge is -2.26. The Morgan fingerprint density at radius 1 is 1.43 bits per heavy atom. The minimum Gasteiger partial charge on any atom is -0.298 e. The first-order chi connectivity index (χ1) is 6.45. The van der Waals surface area contributed by atoms with Gasteiger partial charge in [0.1, 0.15) is 0 Å². The van der Waals surface area contributed by atoms with E-state index in [9.17, 15) is 4.79 Å². The molecule has 0 N–H and O–H groups in total. The lowest BCUT2D eigenvalue weighted by molar-refractivity contribution is -0.127. The maximum Gasteiger partial charge on any atom is 0.152 e. The van der Waals surface area contributed by atoms with Crippen molar-refractivity contribution in [3.8, 4) is 0 Å². The molecular weight excluding hydrogens is 174 g/mol. The van der Waals surface area contributed by atoms with Crippen molar-refractivity contribution in [2.75, 3.05) is 13.1 Å². The third-order valence-corrected chi connectivity index (χ3v) is 3.15. The number of hydrogen-bond donors (Lipinski definition) is 0. The number of carbonyl (C=O) groups excluding carboxylic acids is 1. The number of Topliss-reactive ketones (excluding diaryl/α,β-unsaturated/α-hetero) is 1. The van der Waals surface area contributed by atoms with Crippen LogP contribution in [0, 0.1) is 5.41 Å². The summed E-state index contributed by atoms with van der Waals surface area (Å²) in [5, 5.41) is 0. The largest absolute Gasteiger partial charge is 0.298 e. The van der Waals surface area contributed by atoms with Crippen LogP contribution in [0.1, 0.15) is 47.0 Å². The number of ketones is 1. The molecule has 0 aromatic carbocycles. The minimum absolute atomic E-state index is 0.180. The molecule has 0 spiro atoms. The van der Waals surface area contributed by atoms with Crippen LogP contribution in [0.25, 0.3) is 0 Å².